The monoisotopic (exact) mass is 225 g/mol. The van der Waals surface area contributed by atoms with E-state index in [9.17, 15) is 8.42 Å². The van der Waals surface area contributed by atoms with Crippen LogP contribution in [0.5, 0.6) is 0 Å². The van der Waals surface area contributed by atoms with Gasteiger partial charge < -0.3 is 0 Å². The van der Waals surface area contributed by atoms with Crippen LogP contribution in [-0.2, 0) is 14.5 Å². The molecule has 1 aromatic carbocycles. The van der Waals surface area contributed by atoms with Crippen molar-refractivity contribution in [2.24, 2.45) is 0 Å². The van der Waals surface area contributed by atoms with Gasteiger partial charge in [0.25, 0.3) is 0 Å². The van der Waals surface area contributed by atoms with Crippen molar-refractivity contribution >= 4 is 10.3 Å². The lowest BCUT2D eigenvalue weighted by atomic mass is 10.0. The zero-order chi connectivity index (χ0) is 10.5. The van der Waals surface area contributed by atoms with Crippen LogP contribution in [0.3, 0.4) is 0 Å². The molecular weight excluding hydrogens is 214 g/mol. The van der Waals surface area contributed by atoms with Crippen molar-refractivity contribution in [2.75, 3.05) is 6.54 Å². The third-order valence-electron chi connectivity index (χ3n) is 2.97. The van der Waals surface area contributed by atoms with Crippen molar-refractivity contribution in [1.82, 2.24) is 4.31 Å². The molecule has 1 unspecified atom stereocenters. The molecule has 2 aliphatic heterocycles. The first-order chi connectivity index (χ1) is 7.18. The van der Waals surface area contributed by atoms with Gasteiger partial charge >= 0.3 is 10.3 Å². The molecule has 2 bridgehead atoms. The van der Waals surface area contributed by atoms with Crippen LogP contribution in [0.1, 0.15) is 18.0 Å². The summed E-state index contributed by atoms with van der Waals surface area (Å²) in [6.07, 6.45) is 0.594. The van der Waals surface area contributed by atoms with E-state index < -0.39 is 10.3 Å². The molecule has 4 nitrogen and oxygen atoms in total. The smallest absolute Gasteiger partial charge is 0.252 e. The molecule has 1 aromatic rings. The molecule has 3 atom stereocenters. The quantitative estimate of drug-likeness (QED) is 0.718. The van der Waals surface area contributed by atoms with Gasteiger partial charge in [0.15, 0.2) is 0 Å². The number of fused-ring (bicyclic) bond motifs is 2. The van der Waals surface area contributed by atoms with E-state index in [4.69, 9.17) is 4.18 Å². The highest BCUT2D eigenvalue weighted by Crippen LogP contribution is 2.43. The summed E-state index contributed by atoms with van der Waals surface area (Å²) in [5, 5.41) is 0. The van der Waals surface area contributed by atoms with E-state index in [1.807, 2.05) is 30.3 Å². The van der Waals surface area contributed by atoms with Gasteiger partial charge in [-0.3, -0.25) is 4.18 Å². The molecule has 0 amide bonds. The highest BCUT2D eigenvalue weighted by atomic mass is 32.2. The Morgan fingerprint density at radius 1 is 1.27 bits per heavy atom. The van der Waals surface area contributed by atoms with Crippen LogP contribution in [-0.4, -0.2) is 25.4 Å². The maximum Gasteiger partial charge on any atom is 0.339 e. The van der Waals surface area contributed by atoms with E-state index >= 15 is 0 Å². The fourth-order valence-electron chi connectivity index (χ4n) is 2.33. The first kappa shape index (κ1) is 9.33. The molecule has 5 heteroatoms. The molecule has 80 valence electrons. The van der Waals surface area contributed by atoms with Gasteiger partial charge in [0.05, 0.1) is 6.04 Å². The van der Waals surface area contributed by atoms with Crippen LogP contribution in [0.2, 0.25) is 0 Å². The summed E-state index contributed by atoms with van der Waals surface area (Å²) in [5.74, 6) is 0. The van der Waals surface area contributed by atoms with Crippen molar-refractivity contribution < 1.29 is 12.6 Å². The van der Waals surface area contributed by atoms with Crippen molar-refractivity contribution in [3.05, 3.63) is 35.9 Å². The molecule has 0 aliphatic carbocycles. The van der Waals surface area contributed by atoms with Gasteiger partial charge in [-0.1, -0.05) is 30.3 Å². The predicted molar refractivity (Wildman–Crippen MR) is 54.3 cm³/mol. The van der Waals surface area contributed by atoms with Crippen molar-refractivity contribution in [3.8, 4) is 0 Å². The minimum atomic E-state index is -3.45. The fraction of sp³-hybridized carbons (Fsp3) is 0.400. The third-order valence-corrected chi connectivity index (χ3v) is 4.44. The van der Waals surface area contributed by atoms with Crippen LogP contribution in [0.4, 0.5) is 0 Å². The maximum absolute atomic E-state index is 11.5. The summed E-state index contributed by atoms with van der Waals surface area (Å²) in [6, 6.07) is 9.53. The number of hydrogen-bond donors (Lipinski definition) is 0. The van der Waals surface area contributed by atoms with Gasteiger partial charge in [0.1, 0.15) is 6.10 Å². The summed E-state index contributed by atoms with van der Waals surface area (Å²) in [5.41, 5.74) is 1.01. The average Bonchev–Trinajstić information content (AvgIpc) is 2.72. The third kappa shape index (κ3) is 1.31. The molecule has 0 saturated carbocycles. The number of hydrogen-bond acceptors (Lipinski definition) is 3. The Kier molecular flexibility index (Phi) is 1.89. The van der Waals surface area contributed by atoms with Crippen LogP contribution in [0.25, 0.3) is 0 Å². The molecule has 0 radical (unpaired) electrons. The topological polar surface area (TPSA) is 46.6 Å². The highest BCUT2D eigenvalue weighted by Gasteiger charge is 2.51. The Morgan fingerprint density at radius 2 is 2.00 bits per heavy atom. The minimum absolute atomic E-state index is 0.115. The molecule has 0 spiro atoms. The van der Waals surface area contributed by atoms with E-state index in [1.165, 1.54) is 4.31 Å². The van der Waals surface area contributed by atoms with Crippen molar-refractivity contribution in [1.29, 1.82) is 0 Å². The van der Waals surface area contributed by atoms with Gasteiger partial charge in [-0.15, -0.1) is 0 Å². The molecule has 2 aliphatic rings. The van der Waals surface area contributed by atoms with Gasteiger partial charge in [-0.25, -0.2) is 0 Å². The highest BCUT2D eigenvalue weighted by molar-refractivity contribution is 7.84. The molecular formula is C10H11NO3S. The van der Waals surface area contributed by atoms with E-state index in [2.05, 4.69) is 0 Å². The largest absolute Gasteiger partial charge is 0.339 e. The Labute approximate surface area is 88.7 Å². The van der Waals surface area contributed by atoms with Crippen molar-refractivity contribution in [2.45, 2.75) is 18.6 Å². The Hall–Kier alpha value is -0.910. The molecule has 2 fully saturated rings. The number of rotatable bonds is 1. The first-order valence-electron chi connectivity index (χ1n) is 4.93. The van der Waals surface area contributed by atoms with Crippen LogP contribution >= 0.6 is 0 Å². The van der Waals surface area contributed by atoms with Crippen LogP contribution in [0, 0.1) is 0 Å². The van der Waals surface area contributed by atoms with E-state index in [-0.39, 0.29) is 12.1 Å². The first-order valence-corrected chi connectivity index (χ1v) is 6.30. The predicted octanol–water partition coefficient (Wildman–Crippen LogP) is 1.08. The summed E-state index contributed by atoms with van der Waals surface area (Å²) in [7, 11) is -3.45. The second-order valence-corrected chi connectivity index (χ2v) is 5.36. The minimum Gasteiger partial charge on any atom is -0.252 e. The zero-order valence-electron chi connectivity index (χ0n) is 8.04. The van der Waals surface area contributed by atoms with Gasteiger partial charge in [-0.2, -0.15) is 12.7 Å². The lowest BCUT2D eigenvalue weighted by Gasteiger charge is -2.14. The molecule has 2 heterocycles. The van der Waals surface area contributed by atoms with E-state index in [1.54, 1.807) is 0 Å². The fourth-order valence-corrected chi connectivity index (χ4v) is 3.82. The second-order valence-electron chi connectivity index (χ2n) is 3.85. The lowest BCUT2D eigenvalue weighted by molar-refractivity contribution is 0.223. The van der Waals surface area contributed by atoms with Crippen molar-refractivity contribution in [3.63, 3.8) is 0 Å². The van der Waals surface area contributed by atoms with Gasteiger partial charge in [0, 0.05) is 6.54 Å². The summed E-state index contributed by atoms with van der Waals surface area (Å²) >= 11 is 0. The Balaban J connectivity index is 2.04. The van der Waals surface area contributed by atoms with E-state index in [0.29, 0.717) is 6.54 Å². The summed E-state index contributed by atoms with van der Waals surface area (Å²) in [4.78, 5) is 0. The van der Waals surface area contributed by atoms with Crippen LogP contribution < -0.4 is 0 Å². The van der Waals surface area contributed by atoms with E-state index in [0.717, 1.165) is 12.0 Å². The van der Waals surface area contributed by atoms with Gasteiger partial charge in [-0.05, 0) is 12.0 Å². The zero-order valence-corrected chi connectivity index (χ0v) is 8.85. The average molecular weight is 225 g/mol. The molecule has 0 N–H and O–H groups in total. The van der Waals surface area contributed by atoms with Gasteiger partial charge in [0.2, 0.25) is 0 Å². The van der Waals surface area contributed by atoms with Crippen LogP contribution in [0.15, 0.2) is 30.3 Å². The number of nitrogens with zero attached hydrogens (tertiary/aromatic N) is 1. The molecule has 2 saturated heterocycles. The molecule has 3 rings (SSSR count). The summed E-state index contributed by atoms with van der Waals surface area (Å²) < 4.78 is 29.5. The Morgan fingerprint density at radius 3 is 2.53 bits per heavy atom. The maximum atomic E-state index is 11.5. The summed E-state index contributed by atoms with van der Waals surface area (Å²) in [6.45, 7) is 0.576. The molecule has 0 aromatic heterocycles. The SMILES string of the molecule is O=S1(=O)O[C@H]2CCN1[C@@H]2c1ccccc1. The second kappa shape index (κ2) is 3.04. The standard InChI is InChI=1S/C10H11NO3S/c12-15(13)11-7-6-9(14-15)10(11)8-4-2-1-3-5-8/h1-5,9-10H,6-7H2/t9-,10+/m0/s1. The molecule has 15 heavy (non-hydrogen) atoms. The normalized spacial score (nSPS) is 36.9. The Bertz CT molecular complexity index is 471. The number of benzene rings is 1. The lowest BCUT2D eigenvalue weighted by Crippen LogP contribution is -2.26.